The number of rotatable bonds is 4. The van der Waals surface area contributed by atoms with E-state index in [4.69, 9.17) is 4.52 Å². The van der Waals surface area contributed by atoms with Crippen LogP contribution in [-0.2, 0) is 16.6 Å². The highest BCUT2D eigenvalue weighted by Crippen LogP contribution is 2.44. The van der Waals surface area contributed by atoms with Crippen molar-refractivity contribution >= 4 is 11.8 Å². The van der Waals surface area contributed by atoms with E-state index in [2.05, 4.69) is 10.1 Å². The molecule has 0 aliphatic carbocycles. The zero-order valence-electron chi connectivity index (χ0n) is 17.7. The molecule has 3 aromatic rings. The molecule has 0 bridgehead atoms. The average molecular weight is 434 g/mol. The molecule has 0 spiro atoms. The highest BCUT2D eigenvalue weighted by molar-refractivity contribution is 5.94. The summed E-state index contributed by atoms with van der Waals surface area (Å²) in [4.78, 5) is 34.2. The number of carbonyl (C=O) groups is 2. The fourth-order valence-corrected chi connectivity index (χ4v) is 4.91. The molecule has 0 saturated carbocycles. The van der Waals surface area contributed by atoms with E-state index in [9.17, 15) is 14.0 Å². The smallest absolute Gasteiger partial charge is 0.253 e. The highest BCUT2D eigenvalue weighted by Gasteiger charge is 2.58. The second kappa shape index (κ2) is 7.85. The first-order valence-corrected chi connectivity index (χ1v) is 10.6. The Kier molecular flexibility index (Phi) is 5.00. The molecule has 0 N–H and O–H groups in total. The van der Waals surface area contributed by atoms with Crippen molar-refractivity contribution in [3.05, 3.63) is 83.3 Å². The summed E-state index contributed by atoms with van der Waals surface area (Å²) in [6.45, 7) is 3.51. The minimum absolute atomic E-state index is 0.0218. The van der Waals surface area contributed by atoms with Gasteiger partial charge in [0.15, 0.2) is 5.82 Å². The summed E-state index contributed by atoms with van der Waals surface area (Å²) in [7, 11) is 0. The summed E-state index contributed by atoms with van der Waals surface area (Å²) in [5, 5.41) is 3.96. The molecule has 2 saturated heterocycles. The monoisotopic (exact) mass is 434 g/mol. The molecule has 2 atom stereocenters. The normalized spacial score (nSPS) is 22.2. The van der Waals surface area contributed by atoms with Gasteiger partial charge in [0.25, 0.3) is 5.91 Å². The van der Waals surface area contributed by atoms with Gasteiger partial charge in [-0.3, -0.25) is 9.59 Å². The van der Waals surface area contributed by atoms with Crippen LogP contribution >= 0.6 is 0 Å². The van der Waals surface area contributed by atoms with E-state index in [1.807, 2.05) is 23.1 Å². The summed E-state index contributed by atoms with van der Waals surface area (Å²) in [6.07, 6.45) is 0.121. The Morgan fingerprint density at radius 1 is 1.09 bits per heavy atom. The number of hydrogen-bond donors (Lipinski definition) is 0. The van der Waals surface area contributed by atoms with E-state index in [1.165, 1.54) is 12.1 Å². The lowest BCUT2D eigenvalue weighted by Gasteiger charge is -2.26. The Hall–Kier alpha value is -3.55. The van der Waals surface area contributed by atoms with Gasteiger partial charge < -0.3 is 14.3 Å². The molecule has 2 amide bonds. The van der Waals surface area contributed by atoms with Crippen molar-refractivity contribution in [2.75, 3.05) is 26.2 Å². The maximum Gasteiger partial charge on any atom is 0.253 e. The van der Waals surface area contributed by atoms with Crippen LogP contribution in [0.3, 0.4) is 0 Å². The van der Waals surface area contributed by atoms with Crippen LogP contribution in [0.5, 0.6) is 0 Å². The van der Waals surface area contributed by atoms with Gasteiger partial charge in [0.2, 0.25) is 11.8 Å². The number of hydrogen-bond acceptors (Lipinski definition) is 5. The van der Waals surface area contributed by atoms with E-state index in [0.29, 0.717) is 49.0 Å². The van der Waals surface area contributed by atoms with Gasteiger partial charge in [0, 0.05) is 37.7 Å². The topological polar surface area (TPSA) is 79.5 Å². The predicted molar refractivity (Wildman–Crippen MR) is 113 cm³/mol. The van der Waals surface area contributed by atoms with Gasteiger partial charge in [-0.05, 0) is 36.8 Å². The third kappa shape index (κ3) is 3.55. The van der Waals surface area contributed by atoms with Crippen LogP contribution < -0.4 is 0 Å². The van der Waals surface area contributed by atoms with Gasteiger partial charge in [-0.2, -0.15) is 4.98 Å². The fraction of sp³-hybridized carbons (Fsp3) is 0.333. The van der Waals surface area contributed by atoms with E-state index in [1.54, 1.807) is 36.1 Å². The average Bonchev–Trinajstić information content (AvgIpc) is 3.46. The molecular formula is C24H23FN4O3. The lowest BCUT2D eigenvalue weighted by Crippen LogP contribution is -2.41. The second-order valence-corrected chi connectivity index (χ2v) is 8.63. The maximum absolute atomic E-state index is 13.5. The number of likely N-dealkylation sites (tertiary alicyclic amines) is 2. The molecule has 2 aliphatic rings. The predicted octanol–water partition coefficient (Wildman–Crippen LogP) is 2.61. The minimum atomic E-state index is -0.608. The van der Waals surface area contributed by atoms with Crippen LogP contribution in [0.1, 0.15) is 27.6 Å². The Balaban J connectivity index is 1.39. The summed E-state index contributed by atoms with van der Waals surface area (Å²) in [6, 6.07) is 15.2. The quantitative estimate of drug-likeness (QED) is 0.631. The molecule has 0 radical (unpaired) electrons. The molecule has 2 fully saturated rings. The van der Waals surface area contributed by atoms with Crippen LogP contribution in [0, 0.1) is 18.7 Å². The summed E-state index contributed by atoms with van der Waals surface area (Å²) in [5.74, 6) is 0.470. The molecular weight excluding hydrogens is 411 g/mol. The van der Waals surface area contributed by atoms with Crippen molar-refractivity contribution in [1.82, 2.24) is 19.9 Å². The third-order valence-electron chi connectivity index (χ3n) is 6.47. The minimum Gasteiger partial charge on any atom is -0.341 e. The van der Waals surface area contributed by atoms with Gasteiger partial charge >= 0.3 is 0 Å². The summed E-state index contributed by atoms with van der Waals surface area (Å²) >= 11 is 0. The Morgan fingerprint density at radius 2 is 1.84 bits per heavy atom. The van der Waals surface area contributed by atoms with Crippen LogP contribution in [-0.4, -0.2) is 57.9 Å². The molecule has 7 nitrogen and oxygen atoms in total. The Morgan fingerprint density at radius 3 is 2.56 bits per heavy atom. The largest absolute Gasteiger partial charge is 0.341 e. The van der Waals surface area contributed by atoms with Gasteiger partial charge in [-0.1, -0.05) is 35.5 Å². The third-order valence-corrected chi connectivity index (χ3v) is 6.47. The molecule has 32 heavy (non-hydrogen) atoms. The number of amides is 2. The first-order valence-electron chi connectivity index (χ1n) is 10.6. The standard InChI is InChI=1S/C24H23FN4O3/c1-16-26-23(32-27-16)24-14-28(21(30)11-17-6-5-9-20(25)10-17)12-19(24)13-29(15-24)22(31)18-7-3-2-4-8-18/h2-10,19H,11-15H2,1H3/t19-,24-/m0/s1. The molecule has 3 heterocycles. The van der Waals surface area contributed by atoms with Gasteiger partial charge in [0.1, 0.15) is 5.82 Å². The van der Waals surface area contributed by atoms with Crippen molar-refractivity contribution in [3.63, 3.8) is 0 Å². The SMILES string of the molecule is Cc1noc([C@]23CN(C(=O)Cc4cccc(F)c4)C[C@H]2CN(C(=O)c2ccccc2)C3)n1. The number of benzene rings is 2. The Labute approximate surface area is 184 Å². The van der Waals surface area contributed by atoms with Crippen molar-refractivity contribution in [3.8, 4) is 0 Å². The molecule has 0 unspecified atom stereocenters. The first kappa shape index (κ1) is 20.4. The number of nitrogens with zero attached hydrogens (tertiary/aromatic N) is 4. The molecule has 164 valence electrons. The lowest BCUT2D eigenvalue weighted by atomic mass is 9.81. The van der Waals surface area contributed by atoms with Crippen LogP contribution in [0.2, 0.25) is 0 Å². The molecule has 1 aromatic heterocycles. The van der Waals surface area contributed by atoms with Crippen LogP contribution in [0.15, 0.2) is 59.1 Å². The molecule has 2 aromatic carbocycles. The molecule has 8 heteroatoms. The lowest BCUT2D eigenvalue weighted by molar-refractivity contribution is -0.129. The summed E-state index contributed by atoms with van der Waals surface area (Å²) < 4.78 is 19.1. The number of aryl methyl sites for hydroxylation is 1. The number of fused-ring (bicyclic) bond motifs is 1. The van der Waals surface area contributed by atoms with Crippen LogP contribution in [0.25, 0.3) is 0 Å². The fourth-order valence-electron chi connectivity index (χ4n) is 4.91. The van der Waals surface area contributed by atoms with Gasteiger partial charge in [-0.25, -0.2) is 4.39 Å². The number of carbonyl (C=O) groups excluding carboxylic acids is 2. The van der Waals surface area contributed by atoms with Gasteiger partial charge in [0.05, 0.1) is 11.8 Å². The highest BCUT2D eigenvalue weighted by atomic mass is 19.1. The van der Waals surface area contributed by atoms with E-state index in [-0.39, 0.29) is 30.0 Å². The number of halogens is 1. The number of aromatic nitrogens is 2. The van der Waals surface area contributed by atoms with E-state index < -0.39 is 5.41 Å². The molecule has 2 aliphatic heterocycles. The van der Waals surface area contributed by atoms with Crippen molar-refractivity contribution in [2.24, 2.45) is 5.92 Å². The zero-order valence-corrected chi connectivity index (χ0v) is 17.7. The van der Waals surface area contributed by atoms with E-state index >= 15 is 0 Å². The van der Waals surface area contributed by atoms with Gasteiger partial charge in [-0.15, -0.1) is 0 Å². The van der Waals surface area contributed by atoms with E-state index in [0.717, 1.165) is 0 Å². The van der Waals surface area contributed by atoms with Crippen molar-refractivity contribution in [2.45, 2.75) is 18.8 Å². The Bertz CT molecular complexity index is 1160. The molecule has 5 rings (SSSR count). The maximum atomic E-state index is 13.5. The van der Waals surface area contributed by atoms with Crippen molar-refractivity contribution < 1.29 is 18.5 Å². The van der Waals surface area contributed by atoms with Crippen LogP contribution in [0.4, 0.5) is 4.39 Å². The summed E-state index contributed by atoms with van der Waals surface area (Å²) in [5.41, 5.74) is 0.655. The first-order chi connectivity index (χ1) is 15.4. The zero-order chi connectivity index (χ0) is 22.3. The second-order valence-electron chi connectivity index (χ2n) is 8.63. The van der Waals surface area contributed by atoms with Crippen molar-refractivity contribution in [1.29, 1.82) is 0 Å².